The van der Waals surface area contributed by atoms with E-state index in [0.29, 0.717) is 16.1 Å². The van der Waals surface area contributed by atoms with Crippen LogP contribution in [0, 0.1) is 12.7 Å². The first-order valence-corrected chi connectivity index (χ1v) is 10.1. The Morgan fingerprint density at radius 3 is 2.40 bits per heavy atom. The van der Waals surface area contributed by atoms with Gasteiger partial charge in [0.1, 0.15) is 12.4 Å². The first kappa shape index (κ1) is 20.2. The predicted octanol–water partition coefficient (Wildman–Crippen LogP) is 6.34. The third-order valence-electron chi connectivity index (χ3n) is 5.28. The van der Waals surface area contributed by atoms with Gasteiger partial charge in [-0.3, -0.25) is 0 Å². The van der Waals surface area contributed by atoms with Crippen LogP contribution < -0.4 is 5.32 Å². The highest BCUT2D eigenvalue weighted by atomic mass is 35.5. The highest BCUT2D eigenvalue weighted by molar-refractivity contribution is 6.32. The van der Waals surface area contributed by atoms with Crippen molar-refractivity contribution >= 4 is 23.8 Å². The molecule has 0 bridgehead atoms. The summed E-state index contributed by atoms with van der Waals surface area (Å²) in [5.74, 6) is -0.295. The zero-order valence-electron chi connectivity index (χ0n) is 16.5. The number of benzene rings is 3. The number of rotatable bonds is 5. The minimum absolute atomic E-state index is 0.0213. The molecule has 0 spiro atoms. The highest BCUT2D eigenvalue weighted by Gasteiger charge is 2.28. The molecule has 1 aliphatic rings. The zero-order chi connectivity index (χ0) is 21.1. The van der Waals surface area contributed by atoms with Gasteiger partial charge in [-0.2, -0.15) is 0 Å². The average Bonchev–Trinajstić information content (AvgIpc) is 3.07. The van der Waals surface area contributed by atoms with Gasteiger partial charge in [-0.05, 0) is 52.4 Å². The number of hydrogen-bond acceptors (Lipinski definition) is 2. The number of carbonyl (C=O) groups is 1. The number of fused-ring (bicyclic) bond motifs is 3. The fourth-order valence-corrected chi connectivity index (χ4v) is 4.05. The summed E-state index contributed by atoms with van der Waals surface area (Å²) in [6.07, 6.45) is 2.88. The normalized spacial score (nSPS) is 12.6. The van der Waals surface area contributed by atoms with Crippen molar-refractivity contribution in [3.8, 4) is 11.1 Å². The van der Waals surface area contributed by atoms with Crippen LogP contribution in [-0.2, 0) is 4.74 Å². The maximum atomic E-state index is 13.7. The van der Waals surface area contributed by atoms with Gasteiger partial charge in [0, 0.05) is 17.5 Å². The Morgan fingerprint density at radius 1 is 1.10 bits per heavy atom. The largest absolute Gasteiger partial charge is 0.449 e. The lowest BCUT2D eigenvalue weighted by molar-refractivity contribution is 0.144. The van der Waals surface area contributed by atoms with E-state index >= 15 is 0 Å². The Hall–Kier alpha value is -3.11. The summed E-state index contributed by atoms with van der Waals surface area (Å²) in [6, 6.07) is 19.3. The second-order valence-electron chi connectivity index (χ2n) is 7.23. The van der Waals surface area contributed by atoms with Crippen molar-refractivity contribution in [1.82, 2.24) is 5.32 Å². The first-order chi connectivity index (χ1) is 14.5. The number of halogens is 2. The lowest BCUT2D eigenvalue weighted by Crippen LogP contribution is -2.26. The van der Waals surface area contributed by atoms with Crippen LogP contribution in [0.4, 0.5) is 9.18 Å². The quantitative estimate of drug-likeness (QED) is 0.522. The van der Waals surface area contributed by atoms with Crippen LogP contribution in [-0.4, -0.2) is 19.2 Å². The zero-order valence-corrected chi connectivity index (χ0v) is 17.2. The van der Waals surface area contributed by atoms with E-state index in [1.807, 2.05) is 24.3 Å². The van der Waals surface area contributed by atoms with Crippen LogP contribution in [0.2, 0.25) is 5.02 Å². The molecule has 0 atom stereocenters. The Balaban J connectivity index is 1.34. The van der Waals surface area contributed by atoms with Gasteiger partial charge in [0.2, 0.25) is 0 Å². The van der Waals surface area contributed by atoms with Crippen molar-refractivity contribution in [2.75, 3.05) is 13.2 Å². The molecule has 0 aliphatic heterocycles. The number of ether oxygens (including phenoxy) is 1. The standard InChI is InChI=1S/C25H21ClFNO2/c1-16-13-23(26)17(14-24(16)27)7-6-12-28-25(29)30-15-22-20-10-4-2-8-18(20)19-9-3-5-11-21(19)22/h2-11,13-14,22H,12,15H2,1H3,(H,28,29). The van der Waals surface area contributed by atoms with Crippen LogP contribution in [0.3, 0.4) is 0 Å². The Morgan fingerprint density at radius 2 is 1.73 bits per heavy atom. The van der Waals surface area contributed by atoms with Crippen molar-refractivity contribution in [2.45, 2.75) is 12.8 Å². The Bertz CT molecular complexity index is 1080. The molecule has 1 amide bonds. The summed E-state index contributed by atoms with van der Waals surface area (Å²) in [4.78, 5) is 12.1. The molecule has 0 saturated heterocycles. The van der Waals surface area contributed by atoms with Gasteiger partial charge in [-0.25, -0.2) is 9.18 Å². The molecule has 1 N–H and O–H groups in total. The second kappa shape index (κ2) is 8.72. The molecule has 3 nitrogen and oxygen atoms in total. The molecule has 0 unspecified atom stereocenters. The number of nitrogens with one attached hydrogen (secondary N) is 1. The van der Waals surface area contributed by atoms with Gasteiger partial charge in [0.05, 0.1) is 0 Å². The lowest BCUT2D eigenvalue weighted by Gasteiger charge is -2.14. The van der Waals surface area contributed by atoms with Crippen molar-refractivity contribution in [2.24, 2.45) is 0 Å². The van der Waals surface area contributed by atoms with E-state index in [4.69, 9.17) is 16.3 Å². The molecule has 4 rings (SSSR count). The summed E-state index contributed by atoms with van der Waals surface area (Å²) in [5.41, 5.74) is 5.77. The fraction of sp³-hybridized carbons (Fsp3) is 0.160. The number of amides is 1. The monoisotopic (exact) mass is 421 g/mol. The number of carbonyl (C=O) groups excluding carboxylic acids is 1. The van der Waals surface area contributed by atoms with E-state index in [1.165, 1.54) is 28.3 Å². The van der Waals surface area contributed by atoms with E-state index in [0.717, 1.165) is 0 Å². The van der Waals surface area contributed by atoms with E-state index in [9.17, 15) is 9.18 Å². The second-order valence-corrected chi connectivity index (χ2v) is 7.64. The maximum Gasteiger partial charge on any atom is 0.407 e. The molecular formula is C25H21ClFNO2. The topological polar surface area (TPSA) is 38.3 Å². The van der Waals surface area contributed by atoms with Gasteiger partial charge < -0.3 is 10.1 Å². The molecule has 152 valence electrons. The van der Waals surface area contributed by atoms with Gasteiger partial charge in [-0.1, -0.05) is 72.3 Å². The Kier molecular flexibility index (Phi) is 5.86. The minimum Gasteiger partial charge on any atom is -0.449 e. The molecule has 0 aromatic heterocycles. The van der Waals surface area contributed by atoms with Crippen molar-refractivity contribution in [3.63, 3.8) is 0 Å². The Labute approximate surface area is 180 Å². The summed E-state index contributed by atoms with van der Waals surface area (Å²) >= 11 is 6.12. The average molecular weight is 422 g/mol. The van der Waals surface area contributed by atoms with Gasteiger partial charge in [0.25, 0.3) is 0 Å². The summed E-state index contributed by atoms with van der Waals surface area (Å²) < 4.78 is 19.2. The number of alkyl carbamates (subject to hydrolysis) is 1. The molecular weight excluding hydrogens is 401 g/mol. The highest BCUT2D eigenvalue weighted by Crippen LogP contribution is 2.44. The van der Waals surface area contributed by atoms with Crippen LogP contribution in [0.5, 0.6) is 0 Å². The molecule has 3 aromatic carbocycles. The van der Waals surface area contributed by atoms with Crippen LogP contribution in [0.1, 0.15) is 28.2 Å². The lowest BCUT2D eigenvalue weighted by atomic mass is 9.98. The number of aryl methyl sites for hydroxylation is 1. The van der Waals surface area contributed by atoms with Crippen LogP contribution >= 0.6 is 11.6 Å². The van der Waals surface area contributed by atoms with Crippen molar-refractivity contribution < 1.29 is 13.9 Å². The molecule has 1 aliphatic carbocycles. The van der Waals surface area contributed by atoms with Crippen LogP contribution in [0.15, 0.2) is 66.7 Å². The van der Waals surface area contributed by atoms with Gasteiger partial charge >= 0.3 is 6.09 Å². The molecule has 30 heavy (non-hydrogen) atoms. The third kappa shape index (κ3) is 4.10. The molecule has 0 heterocycles. The summed E-state index contributed by atoms with van der Waals surface area (Å²) in [7, 11) is 0. The van der Waals surface area contributed by atoms with Gasteiger partial charge in [-0.15, -0.1) is 0 Å². The van der Waals surface area contributed by atoms with E-state index < -0.39 is 6.09 Å². The van der Waals surface area contributed by atoms with E-state index in [1.54, 1.807) is 25.1 Å². The molecule has 3 aromatic rings. The van der Waals surface area contributed by atoms with E-state index in [2.05, 4.69) is 29.6 Å². The SMILES string of the molecule is Cc1cc(Cl)c(C=CCNC(=O)OCC2c3ccccc3-c3ccccc32)cc1F. The fourth-order valence-electron chi connectivity index (χ4n) is 3.77. The molecule has 0 saturated carbocycles. The van der Waals surface area contributed by atoms with Crippen LogP contribution in [0.25, 0.3) is 17.2 Å². The maximum absolute atomic E-state index is 13.7. The third-order valence-corrected chi connectivity index (χ3v) is 5.61. The minimum atomic E-state index is -0.498. The van der Waals surface area contributed by atoms with Gasteiger partial charge in [0.15, 0.2) is 0 Å². The van der Waals surface area contributed by atoms with E-state index in [-0.39, 0.29) is 24.9 Å². The number of hydrogen-bond donors (Lipinski definition) is 1. The summed E-state index contributed by atoms with van der Waals surface area (Å²) in [6.45, 7) is 2.18. The van der Waals surface area contributed by atoms with Crippen molar-refractivity contribution in [3.05, 3.63) is 99.8 Å². The molecule has 0 fully saturated rings. The summed E-state index contributed by atoms with van der Waals surface area (Å²) in [5, 5.41) is 3.15. The molecule has 5 heteroatoms. The van der Waals surface area contributed by atoms with Crippen molar-refractivity contribution in [1.29, 1.82) is 0 Å². The predicted molar refractivity (Wildman–Crippen MR) is 118 cm³/mol. The smallest absolute Gasteiger partial charge is 0.407 e. The molecule has 0 radical (unpaired) electrons. The first-order valence-electron chi connectivity index (χ1n) is 9.75.